The molecule has 0 radical (unpaired) electrons. The van der Waals surface area contributed by atoms with Crippen molar-refractivity contribution in [3.63, 3.8) is 0 Å². The molecule has 5 nitrogen and oxygen atoms in total. The van der Waals surface area contributed by atoms with Gasteiger partial charge in [0, 0.05) is 12.1 Å². The van der Waals surface area contributed by atoms with E-state index in [0.717, 1.165) is 25.7 Å². The number of carbonyl (C=O) groups excluding carboxylic acids is 1. The number of hydrogen-bond acceptors (Lipinski definition) is 4. The molecular formula is C13H26N2O3S. The van der Waals surface area contributed by atoms with E-state index in [9.17, 15) is 13.2 Å². The minimum Gasteiger partial charge on any atom is -0.353 e. The number of rotatable bonds is 7. The lowest BCUT2D eigenvalue weighted by molar-refractivity contribution is -0.118. The average Bonchev–Trinajstić information content (AvgIpc) is 2.90. The van der Waals surface area contributed by atoms with Gasteiger partial charge >= 0.3 is 0 Å². The average molecular weight is 290 g/mol. The Kier molecular flexibility index (Phi) is 5.80. The molecule has 0 aromatic heterocycles. The molecule has 1 fully saturated rings. The summed E-state index contributed by atoms with van der Waals surface area (Å²) < 4.78 is 24.0. The Morgan fingerprint density at radius 2 is 1.79 bits per heavy atom. The SMILES string of the molecule is CCC(N)(CC)CNC(=O)CS(=O)(=O)C1CCCC1. The third-order valence-electron chi connectivity index (χ3n) is 4.19. The number of nitrogens with two attached hydrogens (primary N) is 1. The van der Waals surface area contributed by atoms with E-state index >= 15 is 0 Å². The van der Waals surface area contributed by atoms with Crippen molar-refractivity contribution in [3.05, 3.63) is 0 Å². The van der Waals surface area contributed by atoms with Gasteiger partial charge in [0.2, 0.25) is 5.91 Å². The van der Waals surface area contributed by atoms with Crippen LogP contribution in [0.5, 0.6) is 0 Å². The first-order valence-electron chi connectivity index (χ1n) is 7.10. The first kappa shape index (κ1) is 16.4. The summed E-state index contributed by atoms with van der Waals surface area (Å²) in [5, 5.41) is 2.34. The molecule has 0 aromatic rings. The zero-order chi connectivity index (χ0) is 14.5. The van der Waals surface area contributed by atoms with Crippen molar-refractivity contribution in [2.24, 2.45) is 5.73 Å². The van der Waals surface area contributed by atoms with Crippen LogP contribution >= 0.6 is 0 Å². The number of amides is 1. The van der Waals surface area contributed by atoms with Crippen molar-refractivity contribution in [1.82, 2.24) is 5.32 Å². The van der Waals surface area contributed by atoms with Gasteiger partial charge in [-0.2, -0.15) is 0 Å². The van der Waals surface area contributed by atoms with Crippen molar-refractivity contribution >= 4 is 15.7 Å². The molecular weight excluding hydrogens is 264 g/mol. The highest BCUT2D eigenvalue weighted by Gasteiger charge is 2.31. The molecule has 0 bridgehead atoms. The van der Waals surface area contributed by atoms with Gasteiger partial charge < -0.3 is 11.1 Å². The molecule has 0 saturated heterocycles. The first-order valence-corrected chi connectivity index (χ1v) is 8.81. The number of hydrogen-bond donors (Lipinski definition) is 2. The largest absolute Gasteiger partial charge is 0.353 e. The highest BCUT2D eigenvalue weighted by Crippen LogP contribution is 2.25. The Morgan fingerprint density at radius 1 is 1.26 bits per heavy atom. The van der Waals surface area contributed by atoms with Crippen LogP contribution in [0, 0.1) is 0 Å². The summed E-state index contributed by atoms with van der Waals surface area (Å²) in [6.07, 6.45) is 4.78. The van der Waals surface area contributed by atoms with Crippen molar-refractivity contribution in [1.29, 1.82) is 0 Å². The van der Waals surface area contributed by atoms with Crippen LogP contribution in [0.2, 0.25) is 0 Å². The lowest BCUT2D eigenvalue weighted by atomic mass is 9.94. The van der Waals surface area contributed by atoms with Crippen LogP contribution in [-0.4, -0.2) is 37.4 Å². The van der Waals surface area contributed by atoms with Gasteiger partial charge in [-0.05, 0) is 25.7 Å². The van der Waals surface area contributed by atoms with Crippen LogP contribution in [0.1, 0.15) is 52.4 Å². The highest BCUT2D eigenvalue weighted by atomic mass is 32.2. The Morgan fingerprint density at radius 3 is 2.26 bits per heavy atom. The molecule has 3 N–H and O–H groups in total. The monoisotopic (exact) mass is 290 g/mol. The van der Waals surface area contributed by atoms with E-state index in [1.807, 2.05) is 13.8 Å². The molecule has 0 unspecified atom stereocenters. The van der Waals surface area contributed by atoms with Crippen LogP contribution in [0.15, 0.2) is 0 Å². The maximum atomic E-state index is 12.0. The van der Waals surface area contributed by atoms with E-state index < -0.39 is 27.0 Å². The molecule has 1 aliphatic carbocycles. The Labute approximate surface area is 116 Å². The summed E-state index contributed by atoms with van der Waals surface area (Å²) in [4.78, 5) is 11.7. The van der Waals surface area contributed by atoms with Gasteiger partial charge in [-0.25, -0.2) is 8.42 Å². The maximum Gasteiger partial charge on any atom is 0.235 e. The minimum atomic E-state index is -3.29. The normalized spacial score (nSPS) is 17.6. The van der Waals surface area contributed by atoms with Gasteiger partial charge in [0.05, 0.1) is 5.25 Å². The van der Waals surface area contributed by atoms with E-state index in [1.165, 1.54) is 0 Å². The molecule has 19 heavy (non-hydrogen) atoms. The molecule has 1 rings (SSSR count). The van der Waals surface area contributed by atoms with Crippen LogP contribution in [0.25, 0.3) is 0 Å². The van der Waals surface area contributed by atoms with Crippen LogP contribution in [-0.2, 0) is 14.6 Å². The van der Waals surface area contributed by atoms with E-state index in [4.69, 9.17) is 5.73 Å². The first-order chi connectivity index (χ1) is 8.83. The summed E-state index contributed by atoms with van der Waals surface area (Å²) in [5.41, 5.74) is 5.63. The van der Waals surface area contributed by atoms with Crippen molar-refractivity contribution in [2.75, 3.05) is 12.3 Å². The topological polar surface area (TPSA) is 89.3 Å². The van der Waals surface area contributed by atoms with Gasteiger partial charge in [0.25, 0.3) is 0 Å². The molecule has 112 valence electrons. The van der Waals surface area contributed by atoms with Crippen molar-refractivity contribution in [2.45, 2.75) is 63.2 Å². The predicted molar refractivity (Wildman–Crippen MR) is 76.6 cm³/mol. The fourth-order valence-corrected chi connectivity index (χ4v) is 4.13. The molecule has 0 aliphatic heterocycles. The van der Waals surface area contributed by atoms with Crippen molar-refractivity contribution < 1.29 is 13.2 Å². The lowest BCUT2D eigenvalue weighted by Crippen LogP contribution is -2.50. The van der Waals surface area contributed by atoms with Gasteiger partial charge in [-0.3, -0.25) is 4.79 Å². The second-order valence-corrected chi connectivity index (χ2v) is 7.84. The van der Waals surface area contributed by atoms with E-state index in [2.05, 4.69) is 5.32 Å². The third kappa shape index (κ3) is 4.76. The van der Waals surface area contributed by atoms with Crippen LogP contribution in [0.4, 0.5) is 0 Å². The third-order valence-corrected chi connectivity index (χ3v) is 6.34. The molecule has 6 heteroatoms. The number of sulfone groups is 1. The minimum absolute atomic E-state index is 0.321. The molecule has 0 heterocycles. The fraction of sp³-hybridized carbons (Fsp3) is 0.923. The number of nitrogens with one attached hydrogen (secondary N) is 1. The van der Waals surface area contributed by atoms with Crippen LogP contribution in [0.3, 0.4) is 0 Å². The summed E-state index contributed by atoms with van der Waals surface area (Å²) in [7, 11) is -3.29. The summed E-state index contributed by atoms with van der Waals surface area (Å²) in [6.45, 7) is 4.26. The second kappa shape index (κ2) is 6.70. The smallest absolute Gasteiger partial charge is 0.235 e. The zero-order valence-electron chi connectivity index (χ0n) is 11.9. The molecule has 1 aliphatic rings. The molecule has 0 aromatic carbocycles. The quantitative estimate of drug-likeness (QED) is 0.731. The zero-order valence-corrected chi connectivity index (χ0v) is 12.8. The van der Waals surface area contributed by atoms with Gasteiger partial charge in [0.1, 0.15) is 5.75 Å². The highest BCUT2D eigenvalue weighted by molar-refractivity contribution is 7.92. The summed E-state index contributed by atoms with van der Waals surface area (Å²) >= 11 is 0. The van der Waals surface area contributed by atoms with Gasteiger partial charge in [-0.15, -0.1) is 0 Å². The summed E-state index contributed by atoms with van der Waals surface area (Å²) in [5.74, 6) is -0.829. The standard InChI is InChI=1S/C13H26N2O3S/c1-3-13(14,4-2)10-15-12(16)9-19(17,18)11-7-5-6-8-11/h11H,3-10,14H2,1-2H3,(H,15,16). The van der Waals surface area contributed by atoms with E-state index in [1.54, 1.807) is 0 Å². The predicted octanol–water partition coefficient (Wildman–Crippen LogP) is 0.978. The maximum absolute atomic E-state index is 12.0. The molecule has 1 amide bonds. The Bertz CT molecular complexity index is 396. The summed E-state index contributed by atoms with van der Waals surface area (Å²) in [6, 6.07) is 0. The van der Waals surface area contributed by atoms with Gasteiger partial charge in [0.15, 0.2) is 9.84 Å². The lowest BCUT2D eigenvalue weighted by Gasteiger charge is -2.26. The molecule has 0 atom stereocenters. The molecule has 0 spiro atoms. The van der Waals surface area contributed by atoms with Gasteiger partial charge in [-0.1, -0.05) is 26.7 Å². The van der Waals surface area contributed by atoms with E-state index in [-0.39, 0.29) is 5.25 Å². The van der Waals surface area contributed by atoms with Crippen LogP contribution < -0.4 is 11.1 Å². The Hall–Kier alpha value is -0.620. The second-order valence-electron chi connectivity index (χ2n) is 5.56. The number of carbonyl (C=O) groups is 1. The molecule has 1 saturated carbocycles. The fourth-order valence-electron chi connectivity index (χ4n) is 2.37. The van der Waals surface area contributed by atoms with Crippen molar-refractivity contribution in [3.8, 4) is 0 Å². The van der Waals surface area contributed by atoms with E-state index in [0.29, 0.717) is 19.4 Å². The Balaban J connectivity index is 2.47.